The van der Waals surface area contributed by atoms with Gasteiger partial charge in [-0.15, -0.1) is 11.6 Å². The number of halogens is 3. The first-order valence-electron chi connectivity index (χ1n) is 4.60. The number of carbonyl (C=O) groups excluding carboxylic acids is 1. The van der Waals surface area contributed by atoms with Crippen molar-refractivity contribution in [1.29, 1.82) is 0 Å². The number of hydrogen-bond acceptors (Lipinski definition) is 2. The van der Waals surface area contributed by atoms with Gasteiger partial charge in [0.05, 0.1) is 6.61 Å². The average Bonchev–Trinajstić information content (AvgIpc) is 2.11. The lowest BCUT2D eigenvalue weighted by atomic mass is 10.1. The summed E-state index contributed by atoms with van der Waals surface area (Å²) in [4.78, 5) is 11.2. The van der Waals surface area contributed by atoms with Gasteiger partial charge in [0.15, 0.2) is 0 Å². The Hall–Kier alpha value is -0.420. The quantitative estimate of drug-likeness (QED) is 0.547. The lowest BCUT2D eigenvalue weighted by molar-refractivity contribution is -0.123. The van der Waals surface area contributed by atoms with Crippen molar-refractivity contribution in [1.82, 2.24) is 5.32 Å². The minimum Gasteiger partial charge on any atom is -0.375 e. The third-order valence-corrected chi connectivity index (χ3v) is 2.20. The molecule has 0 atom stereocenters. The number of carbonyl (C=O) groups is 1. The Labute approximate surface area is 93.1 Å². The second-order valence-corrected chi connectivity index (χ2v) is 4.05. The maximum atomic E-state index is 11.6. The van der Waals surface area contributed by atoms with Crippen LogP contribution in [-0.2, 0) is 9.53 Å². The van der Waals surface area contributed by atoms with E-state index in [1.807, 2.05) is 0 Å². The second kappa shape index (κ2) is 6.95. The van der Waals surface area contributed by atoms with Gasteiger partial charge in [0.1, 0.15) is 6.61 Å². The zero-order valence-corrected chi connectivity index (χ0v) is 9.61. The van der Waals surface area contributed by atoms with Crippen LogP contribution in [0.3, 0.4) is 0 Å². The number of alkyl halides is 3. The Kier molecular flexibility index (Phi) is 6.76. The van der Waals surface area contributed by atoms with Crippen molar-refractivity contribution in [3.63, 3.8) is 0 Å². The van der Waals surface area contributed by atoms with E-state index in [4.69, 9.17) is 11.6 Å². The monoisotopic (exact) mass is 243 g/mol. The van der Waals surface area contributed by atoms with Crippen LogP contribution in [0.25, 0.3) is 0 Å². The third kappa shape index (κ3) is 8.57. The highest BCUT2D eigenvalue weighted by Gasteiger charge is 2.18. The molecular weight excluding hydrogens is 228 g/mol. The van der Waals surface area contributed by atoms with Gasteiger partial charge in [-0.3, -0.25) is 4.79 Å². The summed E-state index contributed by atoms with van der Waals surface area (Å²) >= 11 is 5.60. The van der Waals surface area contributed by atoms with E-state index in [9.17, 15) is 13.6 Å². The van der Waals surface area contributed by atoms with E-state index in [0.717, 1.165) is 0 Å². The fourth-order valence-corrected chi connectivity index (χ4v) is 0.877. The first-order valence-corrected chi connectivity index (χ1v) is 5.14. The van der Waals surface area contributed by atoms with Gasteiger partial charge >= 0.3 is 0 Å². The minimum absolute atomic E-state index is 0.00542. The fourth-order valence-electron chi connectivity index (χ4n) is 0.811. The van der Waals surface area contributed by atoms with Gasteiger partial charge in [0.25, 0.3) is 6.43 Å². The number of hydrogen-bond donors (Lipinski definition) is 1. The predicted molar refractivity (Wildman–Crippen MR) is 54.4 cm³/mol. The van der Waals surface area contributed by atoms with Crippen molar-refractivity contribution in [3.05, 3.63) is 0 Å². The molecule has 0 aromatic rings. The van der Waals surface area contributed by atoms with Gasteiger partial charge in [0, 0.05) is 17.8 Å². The van der Waals surface area contributed by atoms with Gasteiger partial charge in [0.2, 0.25) is 5.91 Å². The minimum atomic E-state index is -2.49. The molecule has 3 nitrogen and oxygen atoms in total. The summed E-state index contributed by atoms with van der Waals surface area (Å²) in [6.45, 7) is 2.91. The zero-order valence-electron chi connectivity index (χ0n) is 8.86. The van der Waals surface area contributed by atoms with Crippen molar-refractivity contribution < 1.29 is 18.3 Å². The molecule has 6 heteroatoms. The highest BCUT2D eigenvalue weighted by molar-refractivity contribution is 6.18. The molecule has 0 rings (SSSR count). The lowest BCUT2D eigenvalue weighted by Crippen LogP contribution is -2.45. The van der Waals surface area contributed by atoms with E-state index < -0.39 is 18.6 Å². The molecule has 0 heterocycles. The molecular formula is C9H16ClF2NO2. The van der Waals surface area contributed by atoms with Crippen molar-refractivity contribution >= 4 is 17.5 Å². The molecule has 0 spiro atoms. The van der Waals surface area contributed by atoms with Crippen LogP contribution in [0.5, 0.6) is 0 Å². The SMILES string of the molecule is CC(C)(CCl)NC(=O)CCOCC(F)F. The van der Waals surface area contributed by atoms with Crippen LogP contribution in [0.4, 0.5) is 8.78 Å². The molecule has 0 bridgehead atoms. The molecule has 1 N–H and O–H groups in total. The van der Waals surface area contributed by atoms with E-state index in [1.54, 1.807) is 13.8 Å². The molecule has 1 amide bonds. The first-order chi connectivity index (χ1) is 6.87. The lowest BCUT2D eigenvalue weighted by Gasteiger charge is -2.23. The smallest absolute Gasteiger partial charge is 0.261 e. The summed E-state index contributed by atoms with van der Waals surface area (Å²) in [6.07, 6.45) is -2.43. The number of nitrogens with one attached hydrogen (secondary N) is 1. The Bertz CT molecular complexity index is 201. The van der Waals surface area contributed by atoms with E-state index in [0.29, 0.717) is 0 Å². The first kappa shape index (κ1) is 14.6. The molecule has 0 unspecified atom stereocenters. The molecule has 0 saturated heterocycles. The molecule has 15 heavy (non-hydrogen) atoms. The molecule has 0 aromatic carbocycles. The molecule has 0 aliphatic heterocycles. The summed E-state index contributed by atoms with van der Waals surface area (Å²) in [5, 5.41) is 2.66. The molecule has 0 aromatic heterocycles. The van der Waals surface area contributed by atoms with E-state index in [2.05, 4.69) is 10.1 Å². The van der Waals surface area contributed by atoms with Crippen LogP contribution in [0.1, 0.15) is 20.3 Å². The molecule has 0 fully saturated rings. The fraction of sp³-hybridized carbons (Fsp3) is 0.889. The molecule has 0 aliphatic rings. The maximum absolute atomic E-state index is 11.6. The zero-order chi connectivity index (χ0) is 11.9. The van der Waals surface area contributed by atoms with Gasteiger partial charge in [-0.25, -0.2) is 8.78 Å². The van der Waals surface area contributed by atoms with Gasteiger partial charge in [-0.05, 0) is 13.8 Å². The van der Waals surface area contributed by atoms with Gasteiger partial charge in [-0.1, -0.05) is 0 Å². The van der Waals surface area contributed by atoms with Crippen LogP contribution in [0, 0.1) is 0 Å². The highest BCUT2D eigenvalue weighted by atomic mass is 35.5. The number of amides is 1. The topological polar surface area (TPSA) is 38.3 Å². The van der Waals surface area contributed by atoms with Crippen LogP contribution < -0.4 is 5.32 Å². The summed E-state index contributed by atoms with van der Waals surface area (Å²) in [6, 6.07) is 0. The molecule has 0 radical (unpaired) electrons. The average molecular weight is 244 g/mol. The summed E-state index contributed by atoms with van der Waals surface area (Å²) in [5.74, 6) is 0.0336. The summed E-state index contributed by atoms with van der Waals surface area (Å²) < 4.78 is 27.9. The van der Waals surface area contributed by atoms with Crippen LogP contribution in [0.15, 0.2) is 0 Å². The Morgan fingerprint density at radius 2 is 2.13 bits per heavy atom. The van der Waals surface area contributed by atoms with E-state index in [1.165, 1.54) is 0 Å². The van der Waals surface area contributed by atoms with Crippen molar-refractivity contribution in [3.8, 4) is 0 Å². The highest BCUT2D eigenvalue weighted by Crippen LogP contribution is 2.04. The number of ether oxygens (including phenoxy) is 1. The van der Waals surface area contributed by atoms with E-state index >= 15 is 0 Å². The molecule has 0 saturated carbocycles. The maximum Gasteiger partial charge on any atom is 0.261 e. The Morgan fingerprint density at radius 3 is 2.60 bits per heavy atom. The summed E-state index contributed by atoms with van der Waals surface area (Å²) in [7, 11) is 0. The summed E-state index contributed by atoms with van der Waals surface area (Å²) in [5.41, 5.74) is -0.485. The standard InChI is InChI=1S/C9H16ClF2NO2/c1-9(2,6-10)13-8(14)3-4-15-5-7(11)12/h7H,3-6H2,1-2H3,(H,13,14). The van der Waals surface area contributed by atoms with Gasteiger partial charge in [-0.2, -0.15) is 0 Å². The Morgan fingerprint density at radius 1 is 1.53 bits per heavy atom. The molecule has 90 valence electrons. The normalized spacial score (nSPS) is 11.9. The van der Waals surface area contributed by atoms with Crippen LogP contribution in [0.2, 0.25) is 0 Å². The van der Waals surface area contributed by atoms with Crippen molar-refractivity contribution in [2.45, 2.75) is 32.2 Å². The second-order valence-electron chi connectivity index (χ2n) is 3.78. The third-order valence-electron chi connectivity index (χ3n) is 1.53. The molecule has 0 aliphatic carbocycles. The van der Waals surface area contributed by atoms with Crippen molar-refractivity contribution in [2.24, 2.45) is 0 Å². The van der Waals surface area contributed by atoms with E-state index in [-0.39, 0.29) is 24.8 Å². The van der Waals surface area contributed by atoms with Crippen LogP contribution >= 0.6 is 11.6 Å². The van der Waals surface area contributed by atoms with Gasteiger partial charge < -0.3 is 10.1 Å². The van der Waals surface area contributed by atoms with Crippen molar-refractivity contribution in [2.75, 3.05) is 19.1 Å². The predicted octanol–water partition coefficient (Wildman–Crippen LogP) is 1.79. The largest absolute Gasteiger partial charge is 0.375 e. The Balaban J connectivity index is 3.58. The van der Waals surface area contributed by atoms with Crippen LogP contribution in [-0.4, -0.2) is 37.0 Å². The number of rotatable bonds is 7.